The van der Waals surface area contributed by atoms with Crippen molar-refractivity contribution in [2.45, 2.75) is 6.54 Å². The number of rotatable bonds is 3. The Balaban J connectivity index is 0.00000169. The van der Waals surface area contributed by atoms with E-state index in [0.717, 1.165) is 31.4 Å². The molecular weight excluding hydrogens is 413 g/mol. The van der Waals surface area contributed by atoms with Gasteiger partial charge >= 0.3 is 0 Å². The van der Waals surface area contributed by atoms with Gasteiger partial charge in [0.15, 0.2) is 11.8 Å². The van der Waals surface area contributed by atoms with Gasteiger partial charge < -0.3 is 5.32 Å². The molecule has 0 fully saturated rings. The standard InChI is InChI=1S/C18H19N5.HI/c1-22-10-8-17(21-22)23-11-9-19-18(23)20-13-14-6-7-15-4-2-3-5-16(15)12-14;/h2-8,10,12H,9,11,13H2,1H3,(H,19,20);1H. The van der Waals surface area contributed by atoms with Crippen molar-refractivity contribution in [3.05, 3.63) is 60.3 Å². The van der Waals surface area contributed by atoms with Crippen molar-refractivity contribution in [1.82, 2.24) is 15.1 Å². The van der Waals surface area contributed by atoms with E-state index in [4.69, 9.17) is 0 Å². The van der Waals surface area contributed by atoms with Crippen LogP contribution in [0.3, 0.4) is 0 Å². The first-order chi connectivity index (χ1) is 11.3. The highest BCUT2D eigenvalue weighted by molar-refractivity contribution is 14.0. The maximum Gasteiger partial charge on any atom is 0.200 e. The molecule has 0 radical (unpaired) electrons. The third-order valence-corrected chi connectivity index (χ3v) is 4.08. The summed E-state index contributed by atoms with van der Waals surface area (Å²) >= 11 is 0. The monoisotopic (exact) mass is 433 g/mol. The second-order valence-corrected chi connectivity index (χ2v) is 5.74. The SMILES string of the molecule is Cn1ccc(N2CCN=C2NCc2ccc3ccccc3c2)n1.I. The van der Waals surface area contributed by atoms with Gasteiger partial charge in [-0.2, -0.15) is 5.10 Å². The van der Waals surface area contributed by atoms with Crippen LogP contribution in [0.25, 0.3) is 10.8 Å². The van der Waals surface area contributed by atoms with Gasteiger partial charge in [-0.05, 0) is 22.4 Å². The molecule has 0 saturated carbocycles. The summed E-state index contributed by atoms with van der Waals surface area (Å²) in [5, 5.41) is 10.4. The molecule has 2 heterocycles. The van der Waals surface area contributed by atoms with E-state index in [1.807, 2.05) is 24.0 Å². The second kappa shape index (κ2) is 7.21. The summed E-state index contributed by atoms with van der Waals surface area (Å²) < 4.78 is 1.81. The number of guanidine groups is 1. The number of nitrogens with one attached hydrogen (secondary N) is 1. The van der Waals surface area contributed by atoms with Crippen molar-refractivity contribution in [1.29, 1.82) is 0 Å². The van der Waals surface area contributed by atoms with Gasteiger partial charge in [0.2, 0.25) is 0 Å². The number of hydrogen-bond donors (Lipinski definition) is 1. The fourth-order valence-corrected chi connectivity index (χ4v) is 2.90. The zero-order valence-electron chi connectivity index (χ0n) is 13.5. The molecule has 0 atom stereocenters. The summed E-state index contributed by atoms with van der Waals surface area (Å²) in [6.07, 6.45) is 1.95. The molecule has 6 heteroatoms. The number of aryl methyl sites for hydroxylation is 1. The Bertz CT molecular complexity index is 870. The maximum absolute atomic E-state index is 4.56. The van der Waals surface area contributed by atoms with Crippen LogP contribution in [0.4, 0.5) is 5.82 Å². The lowest BCUT2D eigenvalue weighted by Crippen LogP contribution is -2.38. The van der Waals surface area contributed by atoms with Crippen LogP contribution >= 0.6 is 24.0 Å². The summed E-state index contributed by atoms with van der Waals surface area (Å²) in [6.45, 7) is 2.43. The average Bonchev–Trinajstić information content (AvgIpc) is 3.21. The van der Waals surface area contributed by atoms with Gasteiger partial charge in [-0.25, -0.2) is 0 Å². The number of benzene rings is 2. The van der Waals surface area contributed by atoms with Crippen molar-refractivity contribution in [3.8, 4) is 0 Å². The van der Waals surface area contributed by atoms with Crippen LogP contribution in [0.1, 0.15) is 5.56 Å². The Labute approximate surface area is 158 Å². The molecule has 4 rings (SSSR count). The predicted molar refractivity (Wildman–Crippen MR) is 109 cm³/mol. The van der Waals surface area contributed by atoms with E-state index in [2.05, 4.69) is 62.8 Å². The Kier molecular flexibility index (Phi) is 5.03. The molecule has 0 saturated heterocycles. The topological polar surface area (TPSA) is 45.5 Å². The Hall–Kier alpha value is -2.09. The number of halogens is 1. The molecule has 1 aromatic heterocycles. The van der Waals surface area contributed by atoms with E-state index in [-0.39, 0.29) is 24.0 Å². The first-order valence-electron chi connectivity index (χ1n) is 7.83. The Morgan fingerprint density at radius 1 is 1.08 bits per heavy atom. The number of fused-ring (bicyclic) bond motifs is 1. The van der Waals surface area contributed by atoms with Crippen molar-refractivity contribution < 1.29 is 0 Å². The lowest BCUT2D eigenvalue weighted by Gasteiger charge is -2.18. The zero-order valence-corrected chi connectivity index (χ0v) is 15.8. The van der Waals surface area contributed by atoms with Gasteiger partial charge in [0, 0.05) is 32.4 Å². The lowest BCUT2D eigenvalue weighted by molar-refractivity contribution is 0.761. The predicted octanol–water partition coefficient (Wildman–Crippen LogP) is 3.16. The number of anilines is 1. The van der Waals surface area contributed by atoms with Crippen molar-refractivity contribution in [2.24, 2.45) is 12.0 Å². The maximum atomic E-state index is 4.56. The molecule has 0 spiro atoms. The molecule has 0 bridgehead atoms. The number of nitrogens with zero attached hydrogens (tertiary/aromatic N) is 4. The minimum Gasteiger partial charge on any atom is -0.352 e. The van der Waals surface area contributed by atoms with Crippen LogP contribution < -0.4 is 10.2 Å². The zero-order chi connectivity index (χ0) is 15.6. The molecule has 24 heavy (non-hydrogen) atoms. The van der Waals surface area contributed by atoms with Crippen molar-refractivity contribution in [2.75, 3.05) is 18.0 Å². The quantitative estimate of drug-likeness (QED) is 0.646. The highest BCUT2D eigenvalue weighted by Crippen LogP contribution is 2.17. The van der Waals surface area contributed by atoms with Gasteiger partial charge in [-0.1, -0.05) is 36.4 Å². The molecule has 1 aliphatic heterocycles. The molecule has 5 nitrogen and oxygen atoms in total. The van der Waals surface area contributed by atoms with E-state index in [9.17, 15) is 0 Å². The van der Waals surface area contributed by atoms with Crippen LogP contribution in [0.5, 0.6) is 0 Å². The molecule has 2 aromatic carbocycles. The van der Waals surface area contributed by atoms with Gasteiger partial charge in [0.05, 0.1) is 6.54 Å². The smallest absolute Gasteiger partial charge is 0.200 e. The summed E-state index contributed by atoms with van der Waals surface area (Å²) in [5.41, 5.74) is 1.25. The molecule has 1 aliphatic rings. The van der Waals surface area contributed by atoms with E-state index in [1.165, 1.54) is 16.3 Å². The van der Waals surface area contributed by atoms with Crippen LogP contribution in [-0.2, 0) is 13.6 Å². The van der Waals surface area contributed by atoms with E-state index < -0.39 is 0 Å². The number of hydrogen-bond acceptors (Lipinski definition) is 4. The third kappa shape index (κ3) is 3.38. The second-order valence-electron chi connectivity index (χ2n) is 5.74. The first-order valence-corrected chi connectivity index (χ1v) is 7.83. The fraction of sp³-hybridized carbons (Fsp3) is 0.222. The van der Waals surface area contributed by atoms with E-state index in [0.29, 0.717) is 0 Å². The molecule has 3 aromatic rings. The van der Waals surface area contributed by atoms with Crippen LogP contribution in [0.2, 0.25) is 0 Å². The van der Waals surface area contributed by atoms with Crippen LogP contribution in [0.15, 0.2) is 59.7 Å². The molecule has 0 aliphatic carbocycles. The summed E-state index contributed by atoms with van der Waals surface area (Å²) in [7, 11) is 1.93. The van der Waals surface area contributed by atoms with Crippen LogP contribution in [0, 0.1) is 0 Å². The molecular formula is C18H20IN5. The van der Waals surface area contributed by atoms with Gasteiger partial charge in [0.1, 0.15) is 0 Å². The highest BCUT2D eigenvalue weighted by Gasteiger charge is 2.20. The van der Waals surface area contributed by atoms with Crippen molar-refractivity contribution in [3.63, 3.8) is 0 Å². The third-order valence-electron chi connectivity index (χ3n) is 4.08. The fourth-order valence-electron chi connectivity index (χ4n) is 2.90. The van der Waals surface area contributed by atoms with Crippen molar-refractivity contribution >= 4 is 46.5 Å². The lowest BCUT2D eigenvalue weighted by atomic mass is 10.1. The molecule has 0 amide bonds. The highest BCUT2D eigenvalue weighted by atomic mass is 127. The Morgan fingerprint density at radius 3 is 2.71 bits per heavy atom. The molecule has 0 unspecified atom stereocenters. The minimum absolute atomic E-state index is 0. The first kappa shape index (κ1) is 16.8. The summed E-state index contributed by atoms with van der Waals surface area (Å²) in [4.78, 5) is 6.69. The van der Waals surface area contributed by atoms with Gasteiger partial charge in [-0.3, -0.25) is 14.6 Å². The summed E-state index contributed by atoms with van der Waals surface area (Å²) in [5.74, 6) is 1.84. The Morgan fingerprint density at radius 2 is 1.92 bits per heavy atom. The minimum atomic E-state index is 0. The normalized spacial score (nSPS) is 13.7. The summed E-state index contributed by atoms with van der Waals surface area (Å²) in [6, 6.07) is 17.0. The number of aliphatic imine (C=N–C) groups is 1. The average molecular weight is 433 g/mol. The molecule has 124 valence electrons. The van der Waals surface area contributed by atoms with E-state index >= 15 is 0 Å². The largest absolute Gasteiger partial charge is 0.352 e. The van der Waals surface area contributed by atoms with Gasteiger partial charge in [-0.15, -0.1) is 24.0 Å². The van der Waals surface area contributed by atoms with Crippen LogP contribution in [-0.4, -0.2) is 28.8 Å². The number of aromatic nitrogens is 2. The van der Waals surface area contributed by atoms with Gasteiger partial charge in [0.25, 0.3) is 0 Å². The van der Waals surface area contributed by atoms with E-state index in [1.54, 1.807) is 0 Å². The molecule has 1 N–H and O–H groups in total.